The van der Waals surface area contributed by atoms with Crippen LogP contribution in [0.2, 0.25) is 0 Å². The van der Waals surface area contributed by atoms with Crippen LogP contribution in [0.1, 0.15) is 43.9 Å². The van der Waals surface area contributed by atoms with Gasteiger partial charge in [0, 0.05) is 44.0 Å². The molecule has 1 aliphatic rings. The predicted octanol–water partition coefficient (Wildman–Crippen LogP) is 3.99. The minimum absolute atomic E-state index is 0.0521. The lowest BCUT2D eigenvalue weighted by molar-refractivity contribution is 0.0552. The lowest BCUT2D eigenvalue weighted by Crippen LogP contribution is -2.28. The average molecular weight is 583 g/mol. The maximum absolute atomic E-state index is 14.1. The average Bonchev–Trinajstić information content (AvgIpc) is 3.24. The van der Waals surface area contributed by atoms with Crippen molar-refractivity contribution >= 4 is 37.5 Å². The number of hydrogen-bond donors (Lipinski definition) is 2. The molecule has 0 amide bonds. The van der Waals surface area contributed by atoms with E-state index in [9.17, 15) is 12.8 Å². The van der Waals surface area contributed by atoms with E-state index in [0.29, 0.717) is 58.7 Å². The fourth-order valence-corrected chi connectivity index (χ4v) is 6.63. The Morgan fingerprint density at radius 1 is 1.22 bits per heavy atom. The molecule has 5 rings (SSSR count). The number of aromatic nitrogens is 3. The first-order valence-electron chi connectivity index (χ1n) is 13.5. The quantitative estimate of drug-likeness (QED) is 0.233. The molecular formula is C29H35FN6O4S. The molecule has 12 heteroatoms. The predicted molar refractivity (Wildman–Crippen MR) is 156 cm³/mol. The summed E-state index contributed by atoms with van der Waals surface area (Å²) in [5, 5.41) is 1.92. The van der Waals surface area contributed by atoms with Crippen LogP contribution >= 0.6 is 0 Å². The fourth-order valence-electron chi connectivity index (χ4n) is 5.84. The van der Waals surface area contributed by atoms with Crippen molar-refractivity contribution in [2.24, 2.45) is 17.5 Å². The molecule has 1 aromatic carbocycles. The fraction of sp³-hybridized carbons (Fsp3) is 0.379. The highest BCUT2D eigenvalue weighted by Gasteiger charge is 2.34. The van der Waals surface area contributed by atoms with E-state index in [4.69, 9.17) is 26.0 Å². The highest BCUT2D eigenvalue weighted by Crippen LogP contribution is 2.44. The topological polar surface area (TPSA) is 139 Å². The third-order valence-corrected chi connectivity index (χ3v) is 8.57. The van der Waals surface area contributed by atoms with Gasteiger partial charge in [0.2, 0.25) is 5.88 Å². The molecule has 0 unspecified atom stereocenters. The smallest absolute Gasteiger partial charge is 0.225 e. The van der Waals surface area contributed by atoms with E-state index in [1.807, 2.05) is 17.6 Å². The van der Waals surface area contributed by atoms with E-state index in [0.717, 1.165) is 24.7 Å². The molecule has 1 saturated heterocycles. The van der Waals surface area contributed by atoms with E-state index < -0.39 is 9.84 Å². The Labute approximate surface area is 238 Å². The van der Waals surface area contributed by atoms with Gasteiger partial charge in [-0.25, -0.2) is 23.6 Å². The number of benzene rings is 1. The number of sulfone groups is 1. The number of allylic oxidation sites excluding steroid dienone is 1. The van der Waals surface area contributed by atoms with Gasteiger partial charge in [-0.3, -0.25) is 4.98 Å². The number of halogens is 1. The Morgan fingerprint density at radius 2 is 1.90 bits per heavy atom. The molecule has 218 valence electrons. The SMILES string of the molecule is CCOc1ncc(S(C)(=O)=O)c2c1c1ncc(/C(=C(\C)N)N(C)N)cc1n2[C@H](c1ccc(F)cc1)C1CCOCC1. The molecule has 0 radical (unpaired) electrons. The number of nitrogens with zero attached hydrogens (tertiary/aromatic N) is 4. The van der Waals surface area contributed by atoms with Crippen LogP contribution < -0.4 is 16.3 Å². The summed E-state index contributed by atoms with van der Waals surface area (Å²) in [5.41, 5.74) is 10.4. The second kappa shape index (κ2) is 11.3. The van der Waals surface area contributed by atoms with Crippen molar-refractivity contribution < 1.29 is 22.3 Å². The zero-order chi connectivity index (χ0) is 29.5. The van der Waals surface area contributed by atoms with Crippen LogP contribution in [0.5, 0.6) is 5.88 Å². The van der Waals surface area contributed by atoms with Crippen molar-refractivity contribution in [1.82, 2.24) is 19.5 Å². The lowest BCUT2D eigenvalue weighted by atomic mass is 9.86. The lowest BCUT2D eigenvalue weighted by Gasteiger charge is -2.33. The molecule has 4 N–H and O–H groups in total. The summed E-state index contributed by atoms with van der Waals surface area (Å²) in [4.78, 5) is 9.29. The Hall–Kier alpha value is -3.74. The van der Waals surface area contributed by atoms with Crippen molar-refractivity contribution in [2.75, 3.05) is 33.1 Å². The van der Waals surface area contributed by atoms with Gasteiger partial charge in [0.1, 0.15) is 16.2 Å². The summed E-state index contributed by atoms with van der Waals surface area (Å²) >= 11 is 0. The van der Waals surface area contributed by atoms with Crippen LogP contribution in [0.4, 0.5) is 4.39 Å². The summed E-state index contributed by atoms with van der Waals surface area (Å²) in [7, 11) is -2.06. The highest BCUT2D eigenvalue weighted by molar-refractivity contribution is 7.91. The van der Waals surface area contributed by atoms with Gasteiger partial charge in [0.15, 0.2) is 9.84 Å². The highest BCUT2D eigenvalue weighted by atomic mass is 32.2. The second-order valence-corrected chi connectivity index (χ2v) is 12.4. The summed E-state index contributed by atoms with van der Waals surface area (Å²) in [6, 6.07) is 7.87. The third kappa shape index (κ3) is 5.34. The van der Waals surface area contributed by atoms with Gasteiger partial charge in [-0.2, -0.15) is 0 Å². The van der Waals surface area contributed by atoms with Crippen LogP contribution in [-0.4, -0.2) is 61.1 Å². The molecule has 0 aliphatic carbocycles. The summed E-state index contributed by atoms with van der Waals surface area (Å²) < 4.78 is 54.2. The second-order valence-electron chi connectivity index (χ2n) is 10.4. The van der Waals surface area contributed by atoms with E-state index in [-0.39, 0.29) is 28.6 Å². The number of rotatable bonds is 8. The van der Waals surface area contributed by atoms with Crippen LogP contribution in [0.3, 0.4) is 0 Å². The number of hydrogen-bond acceptors (Lipinski definition) is 9. The largest absolute Gasteiger partial charge is 0.477 e. The van der Waals surface area contributed by atoms with Crippen molar-refractivity contribution in [2.45, 2.75) is 37.6 Å². The van der Waals surface area contributed by atoms with E-state index in [1.165, 1.54) is 23.3 Å². The van der Waals surface area contributed by atoms with Crippen molar-refractivity contribution in [3.05, 3.63) is 65.4 Å². The summed E-state index contributed by atoms with van der Waals surface area (Å²) in [6.07, 6.45) is 5.62. The molecule has 10 nitrogen and oxygen atoms in total. The monoisotopic (exact) mass is 582 g/mol. The normalized spacial score (nSPS) is 16.1. The Kier molecular flexibility index (Phi) is 7.91. The number of pyridine rings is 2. The molecule has 41 heavy (non-hydrogen) atoms. The Bertz CT molecular complexity index is 1720. The third-order valence-electron chi connectivity index (χ3n) is 7.47. The molecule has 1 fully saturated rings. The van der Waals surface area contributed by atoms with Crippen molar-refractivity contribution in [3.8, 4) is 5.88 Å². The first-order valence-corrected chi connectivity index (χ1v) is 15.4. The Morgan fingerprint density at radius 3 is 2.49 bits per heavy atom. The minimum atomic E-state index is -3.75. The molecule has 1 aliphatic heterocycles. The number of ether oxygens (including phenoxy) is 2. The standard InChI is InChI=1S/C29H35FN6O4S/c1-5-40-29-24-25-22(14-20(15-33-25)26(17(2)31)35(3)32)36(28(24)23(16-34-29)41(4,37)38)27(19-10-12-39-13-11-19)18-6-8-21(30)9-7-18/h6-9,14-16,19,27H,5,10-13,31-32H2,1-4H3/b26-17-/t27-/m1/s1. The molecule has 3 aromatic heterocycles. The van der Waals surface area contributed by atoms with Gasteiger partial charge in [-0.05, 0) is 56.4 Å². The van der Waals surface area contributed by atoms with E-state index in [1.54, 1.807) is 32.3 Å². The number of hydrazine groups is 1. The van der Waals surface area contributed by atoms with Gasteiger partial charge in [0.05, 0.1) is 41.0 Å². The van der Waals surface area contributed by atoms with Gasteiger partial charge in [0.25, 0.3) is 0 Å². The maximum atomic E-state index is 14.1. The summed E-state index contributed by atoms with van der Waals surface area (Å²) in [6.45, 7) is 5.03. The molecular weight excluding hydrogens is 547 g/mol. The molecule has 0 spiro atoms. The Balaban J connectivity index is 1.99. The maximum Gasteiger partial charge on any atom is 0.225 e. The van der Waals surface area contributed by atoms with Gasteiger partial charge >= 0.3 is 0 Å². The molecule has 4 heterocycles. The van der Waals surface area contributed by atoms with Crippen LogP contribution in [-0.2, 0) is 14.6 Å². The van der Waals surface area contributed by atoms with Crippen LogP contribution in [0.15, 0.2) is 53.3 Å². The first-order chi connectivity index (χ1) is 19.5. The molecule has 0 saturated carbocycles. The van der Waals surface area contributed by atoms with Gasteiger partial charge in [-0.1, -0.05) is 12.1 Å². The van der Waals surface area contributed by atoms with E-state index in [2.05, 4.69) is 4.98 Å². The molecule has 0 bridgehead atoms. The van der Waals surface area contributed by atoms with Crippen molar-refractivity contribution in [1.29, 1.82) is 0 Å². The number of fused-ring (bicyclic) bond motifs is 3. The minimum Gasteiger partial charge on any atom is -0.477 e. The zero-order valence-electron chi connectivity index (χ0n) is 23.6. The van der Waals surface area contributed by atoms with Gasteiger partial charge in [-0.15, -0.1) is 0 Å². The van der Waals surface area contributed by atoms with E-state index >= 15 is 0 Å². The van der Waals surface area contributed by atoms with Gasteiger partial charge < -0.3 is 24.8 Å². The summed E-state index contributed by atoms with van der Waals surface area (Å²) in [5.74, 6) is 6.13. The first kappa shape index (κ1) is 28.8. The molecule has 4 aromatic rings. The zero-order valence-corrected chi connectivity index (χ0v) is 24.4. The number of nitrogens with two attached hydrogens (primary N) is 2. The van der Waals surface area contributed by atoms with Crippen LogP contribution in [0.25, 0.3) is 27.6 Å². The van der Waals surface area contributed by atoms with Crippen molar-refractivity contribution in [3.63, 3.8) is 0 Å². The molecule has 1 atom stereocenters. The van der Waals surface area contributed by atoms with Crippen LogP contribution in [0, 0.1) is 11.7 Å².